The SMILES string of the molecule is [Y].c1ccc([CH-]NCCC(Cc2ccccc2)C2CCCCC2)cc1. The van der Waals surface area contributed by atoms with Gasteiger partial charge in [0.15, 0.2) is 0 Å². The molecule has 1 N–H and O–H groups in total. The van der Waals surface area contributed by atoms with E-state index in [1.54, 1.807) is 0 Å². The van der Waals surface area contributed by atoms with Gasteiger partial charge in [-0.15, -0.1) is 18.7 Å². The van der Waals surface area contributed by atoms with Crippen molar-refractivity contribution >= 4 is 0 Å². The fraction of sp³-hybridized carbons (Fsp3) is 0.435. The van der Waals surface area contributed by atoms with Crippen LogP contribution in [0.3, 0.4) is 0 Å². The second kappa shape index (κ2) is 11.9. The van der Waals surface area contributed by atoms with E-state index in [1.165, 1.54) is 56.1 Å². The molecule has 25 heavy (non-hydrogen) atoms. The largest absolute Gasteiger partial charge is 0.347 e. The van der Waals surface area contributed by atoms with E-state index in [0.717, 1.165) is 18.4 Å². The molecule has 1 nitrogen and oxygen atoms in total. The Labute approximate surface area is 178 Å². The third-order valence-electron chi connectivity index (χ3n) is 5.38. The van der Waals surface area contributed by atoms with Gasteiger partial charge in [-0.1, -0.05) is 68.5 Å². The third kappa shape index (κ3) is 7.25. The van der Waals surface area contributed by atoms with E-state index in [1.807, 2.05) is 0 Å². The molecule has 0 amide bonds. The van der Waals surface area contributed by atoms with E-state index in [-0.39, 0.29) is 32.7 Å². The van der Waals surface area contributed by atoms with Gasteiger partial charge in [-0.05, 0) is 36.8 Å². The normalized spacial score (nSPS) is 16.0. The molecule has 1 aliphatic rings. The molecule has 0 aromatic heterocycles. The van der Waals surface area contributed by atoms with Gasteiger partial charge in [0.2, 0.25) is 0 Å². The van der Waals surface area contributed by atoms with E-state index < -0.39 is 0 Å². The molecule has 131 valence electrons. The van der Waals surface area contributed by atoms with Crippen molar-refractivity contribution in [2.45, 2.75) is 44.9 Å². The van der Waals surface area contributed by atoms with Gasteiger partial charge in [-0.3, -0.25) is 0 Å². The molecular weight excluding hydrogens is 379 g/mol. The number of rotatable bonds is 8. The summed E-state index contributed by atoms with van der Waals surface area (Å²) in [5.74, 6) is 1.72. The Hall–Kier alpha value is -0.626. The maximum Gasteiger partial charge on any atom is 0 e. The summed E-state index contributed by atoms with van der Waals surface area (Å²) in [4.78, 5) is 0. The number of nitrogens with one attached hydrogen (secondary N) is 1. The van der Waals surface area contributed by atoms with Gasteiger partial charge >= 0.3 is 0 Å². The van der Waals surface area contributed by atoms with Crippen molar-refractivity contribution in [2.24, 2.45) is 11.8 Å². The summed E-state index contributed by atoms with van der Waals surface area (Å²) in [6.45, 7) is 3.23. The molecule has 1 aliphatic carbocycles. The Morgan fingerprint density at radius 2 is 1.52 bits per heavy atom. The minimum atomic E-state index is 0. The molecule has 3 rings (SSSR count). The van der Waals surface area contributed by atoms with Gasteiger partial charge in [0.25, 0.3) is 0 Å². The van der Waals surface area contributed by atoms with E-state index in [2.05, 4.69) is 72.5 Å². The summed E-state index contributed by atoms with van der Waals surface area (Å²) in [7, 11) is 0. The monoisotopic (exact) mass is 409 g/mol. The molecule has 0 aliphatic heterocycles. The van der Waals surface area contributed by atoms with Crippen LogP contribution >= 0.6 is 0 Å². The first-order valence-electron chi connectivity index (χ1n) is 9.57. The summed E-state index contributed by atoms with van der Waals surface area (Å²) in [5.41, 5.74) is 2.76. The Kier molecular flexibility index (Phi) is 9.83. The van der Waals surface area contributed by atoms with Crippen LogP contribution in [0.5, 0.6) is 0 Å². The van der Waals surface area contributed by atoms with Crippen LogP contribution < -0.4 is 5.32 Å². The first-order valence-corrected chi connectivity index (χ1v) is 9.57. The quantitative estimate of drug-likeness (QED) is 0.441. The van der Waals surface area contributed by atoms with Crippen molar-refractivity contribution in [1.29, 1.82) is 0 Å². The van der Waals surface area contributed by atoms with Crippen LogP contribution in [0.4, 0.5) is 0 Å². The molecular formula is C23H30NY-. The van der Waals surface area contributed by atoms with Crippen LogP contribution in [0.15, 0.2) is 60.7 Å². The summed E-state index contributed by atoms with van der Waals surface area (Å²) in [6, 6.07) is 21.6. The second-order valence-electron chi connectivity index (χ2n) is 7.15. The Bertz CT molecular complexity index is 563. The van der Waals surface area contributed by atoms with Gasteiger partial charge in [0.1, 0.15) is 0 Å². The molecule has 0 saturated heterocycles. The molecule has 1 fully saturated rings. The summed E-state index contributed by atoms with van der Waals surface area (Å²) < 4.78 is 0. The average Bonchev–Trinajstić information content (AvgIpc) is 2.66. The zero-order valence-corrected chi connectivity index (χ0v) is 18.1. The molecule has 0 heterocycles. The number of benzene rings is 2. The Morgan fingerprint density at radius 3 is 2.20 bits per heavy atom. The van der Waals surface area contributed by atoms with E-state index in [0.29, 0.717) is 0 Å². The first kappa shape index (κ1) is 20.7. The maximum atomic E-state index is 3.53. The molecule has 2 aromatic rings. The molecule has 1 saturated carbocycles. The zero-order chi connectivity index (χ0) is 16.5. The van der Waals surface area contributed by atoms with Gasteiger partial charge in [0, 0.05) is 32.7 Å². The van der Waals surface area contributed by atoms with Crippen LogP contribution in [0.2, 0.25) is 0 Å². The third-order valence-corrected chi connectivity index (χ3v) is 5.38. The van der Waals surface area contributed by atoms with E-state index in [4.69, 9.17) is 0 Å². The summed E-state index contributed by atoms with van der Waals surface area (Å²) in [6.07, 6.45) is 9.66. The van der Waals surface area contributed by atoms with Crippen LogP contribution in [-0.4, -0.2) is 6.54 Å². The first-order chi connectivity index (χ1) is 11.9. The predicted molar refractivity (Wildman–Crippen MR) is 103 cm³/mol. The van der Waals surface area contributed by atoms with Crippen LogP contribution in [0, 0.1) is 18.4 Å². The standard InChI is InChI=1S/C23H30N.Y/c1-4-10-20(11-5-1)18-23(22-14-8-3-9-15-22)16-17-24-19-21-12-6-2-7-13-21;/h1-2,4-7,10-13,19,22-24H,3,8-9,14-18H2;/q-1;. The zero-order valence-electron chi connectivity index (χ0n) is 15.2. The summed E-state index contributed by atoms with van der Waals surface area (Å²) >= 11 is 0. The van der Waals surface area contributed by atoms with Crippen molar-refractivity contribution < 1.29 is 32.7 Å². The molecule has 0 spiro atoms. The van der Waals surface area contributed by atoms with Gasteiger partial charge < -0.3 is 5.32 Å². The number of hydrogen-bond acceptors (Lipinski definition) is 1. The van der Waals surface area contributed by atoms with Crippen molar-refractivity contribution in [3.8, 4) is 0 Å². The molecule has 0 bridgehead atoms. The smallest absolute Gasteiger partial charge is 0 e. The second-order valence-corrected chi connectivity index (χ2v) is 7.15. The number of hydrogen-bond donors (Lipinski definition) is 1. The van der Waals surface area contributed by atoms with Crippen molar-refractivity contribution in [2.75, 3.05) is 6.54 Å². The molecule has 1 atom stereocenters. The minimum Gasteiger partial charge on any atom is -0.347 e. The maximum absolute atomic E-state index is 3.53. The van der Waals surface area contributed by atoms with Crippen LogP contribution in [0.1, 0.15) is 49.7 Å². The van der Waals surface area contributed by atoms with Gasteiger partial charge in [0.05, 0.1) is 0 Å². The fourth-order valence-electron chi connectivity index (χ4n) is 4.03. The van der Waals surface area contributed by atoms with Crippen molar-refractivity contribution in [1.82, 2.24) is 5.32 Å². The molecule has 1 radical (unpaired) electrons. The topological polar surface area (TPSA) is 12.0 Å². The molecule has 2 aromatic carbocycles. The summed E-state index contributed by atoms with van der Waals surface area (Å²) in [5, 5.41) is 3.53. The van der Waals surface area contributed by atoms with Gasteiger partial charge in [-0.25, -0.2) is 0 Å². The van der Waals surface area contributed by atoms with Gasteiger partial charge in [-0.2, -0.15) is 17.7 Å². The van der Waals surface area contributed by atoms with Crippen LogP contribution in [0.25, 0.3) is 0 Å². The predicted octanol–water partition coefficient (Wildman–Crippen LogP) is 5.61. The Balaban J connectivity index is 0.00000225. The van der Waals surface area contributed by atoms with E-state index in [9.17, 15) is 0 Å². The van der Waals surface area contributed by atoms with Crippen LogP contribution in [-0.2, 0) is 39.1 Å². The molecule has 2 heteroatoms. The Morgan fingerprint density at radius 1 is 0.880 bits per heavy atom. The molecule has 1 unspecified atom stereocenters. The fourth-order valence-corrected chi connectivity index (χ4v) is 4.03. The minimum absolute atomic E-state index is 0. The van der Waals surface area contributed by atoms with E-state index >= 15 is 0 Å². The average molecular weight is 409 g/mol. The van der Waals surface area contributed by atoms with Crippen molar-refractivity contribution in [3.63, 3.8) is 0 Å². The van der Waals surface area contributed by atoms with Crippen molar-refractivity contribution in [3.05, 3.63) is 78.3 Å².